The van der Waals surface area contributed by atoms with Gasteiger partial charge in [-0.25, -0.2) is 13.8 Å². The third-order valence-corrected chi connectivity index (χ3v) is 5.25. The van der Waals surface area contributed by atoms with E-state index in [4.69, 9.17) is 0 Å². The van der Waals surface area contributed by atoms with Crippen LogP contribution in [-0.4, -0.2) is 16.8 Å². The zero-order valence-corrected chi connectivity index (χ0v) is 16.7. The van der Waals surface area contributed by atoms with Crippen LogP contribution in [0, 0.1) is 25.5 Å². The van der Waals surface area contributed by atoms with Crippen molar-refractivity contribution in [3.05, 3.63) is 80.8 Å². The minimum Gasteiger partial charge on any atom is -0.347 e. The number of carbonyl (C=O) groups is 2. The van der Waals surface area contributed by atoms with E-state index in [-0.39, 0.29) is 18.0 Å². The maximum absolute atomic E-state index is 13.6. The lowest BCUT2D eigenvalue weighted by Gasteiger charge is -2.05. The maximum Gasteiger partial charge on any atom is 0.263 e. The fourth-order valence-corrected chi connectivity index (χ4v) is 3.73. The summed E-state index contributed by atoms with van der Waals surface area (Å²) in [6.45, 7) is 4.05. The molecule has 0 aliphatic heterocycles. The molecule has 3 aromatic rings. The zero-order chi connectivity index (χ0) is 21.0. The van der Waals surface area contributed by atoms with Crippen LogP contribution in [0.5, 0.6) is 0 Å². The van der Waals surface area contributed by atoms with Gasteiger partial charge < -0.3 is 10.6 Å². The number of aryl methyl sites for hydroxylation is 2. The van der Waals surface area contributed by atoms with Gasteiger partial charge in [-0.3, -0.25) is 9.59 Å². The molecule has 3 rings (SSSR count). The molecule has 0 atom stereocenters. The highest BCUT2D eigenvalue weighted by Crippen LogP contribution is 2.20. The first-order valence-corrected chi connectivity index (χ1v) is 9.68. The van der Waals surface area contributed by atoms with Gasteiger partial charge in [-0.05, 0) is 31.5 Å². The first-order chi connectivity index (χ1) is 13.8. The summed E-state index contributed by atoms with van der Waals surface area (Å²) in [5.41, 5.74) is 2.36. The molecule has 1 heterocycles. The molecule has 0 aliphatic rings. The number of hydrogen-bond acceptors (Lipinski definition) is 4. The van der Waals surface area contributed by atoms with Crippen LogP contribution in [-0.2, 0) is 17.8 Å². The van der Waals surface area contributed by atoms with Gasteiger partial charge in [0.1, 0.15) is 21.5 Å². The van der Waals surface area contributed by atoms with E-state index in [0.29, 0.717) is 22.1 Å². The average Bonchev–Trinajstić information content (AvgIpc) is 3.03. The van der Waals surface area contributed by atoms with Crippen molar-refractivity contribution in [3.8, 4) is 0 Å². The lowest BCUT2D eigenvalue weighted by molar-refractivity contribution is -0.115. The van der Waals surface area contributed by atoms with Crippen LogP contribution < -0.4 is 10.6 Å². The number of anilines is 1. The van der Waals surface area contributed by atoms with Crippen molar-refractivity contribution in [2.24, 2.45) is 0 Å². The molecule has 29 heavy (non-hydrogen) atoms. The van der Waals surface area contributed by atoms with Crippen molar-refractivity contribution in [1.82, 2.24) is 10.3 Å². The topological polar surface area (TPSA) is 71.1 Å². The highest BCUT2D eigenvalue weighted by molar-refractivity contribution is 7.13. The molecule has 0 bridgehead atoms. The molecule has 0 fully saturated rings. The second kappa shape index (κ2) is 8.91. The molecule has 8 heteroatoms. The Labute approximate surface area is 170 Å². The fourth-order valence-electron chi connectivity index (χ4n) is 2.75. The van der Waals surface area contributed by atoms with Crippen LogP contribution in [0.4, 0.5) is 14.5 Å². The van der Waals surface area contributed by atoms with Crippen LogP contribution in [0.15, 0.2) is 42.5 Å². The molecule has 0 unspecified atom stereocenters. The Balaban J connectivity index is 1.62. The second-order valence-corrected chi connectivity index (χ2v) is 7.63. The lowest BCUT2D eigenvalue weighted by Crippen LogP contribution is -2.22. The lowest BCUT2D eigenvalue weighted by atomic mass is 10.1. The number of thiazole rings is 1. The number of amides is 2. The van der Waals surface area contributed by atoms with E-state index in [0.717, 1.165) is 40.7 Å². The van der Waals surface area contributed by atoms with Gasteiger partial charge in [-0.1, -0.05) is 29.8 Å². The Morgan fingerprint density at radius 1 is 1.10 bits per heavy atom. The quantitative estimate of drug-likeness (QED) is 0.635. The maximum atomic E-state index is 13.6. The molecule has 2 amide bonds. The summed E-state index contributed by atoms with van der Waals surface area (Å²) in [5.74, 6) is -2.20. The van der Waals surface area contributed by atoms with Crippen molar-refractivity contribution < 1.29 is 18.4 Å². The van der Waals surface area contributed by atoms with E-state index in [1.54, 1.807) is 6.92 Å². The third-order valence-electron chi connectivity index (χ3n) is 4.10. The fraction of sp³-hybridized carbons (Fsp3) is 0.190. The van der Waals surface area contributed by atoms with Crippen molar-refractivity contribution in [1.29, 1.82) is 0 Å². The highest BCUT2D eigenvalue weighted by atomic mass is 32.1. The number of benzene rings is 2. The first kappa shape index (κ1) is 20.6. The molecule has 0 spiro atoms. The standard InChI is InChI=1S/C21H19F2N3O2S/c1-12-4-3-5-14(8-12)11-24-21(28)20-13(2)25-19(29-20)10-18(27)26-17-9-15(22)6-7-16(17)23/h3-9H,10-11H2,1-2H3,(H,24,28)(H,26,27). The minimum atomic E-state index is -0.730. The molecule has 0 saturated heterocycles. The molecule has 150 valence electrons. The van der Waals surface area contributed by atoms with Gasteiger partial charge in [0.15, 0.2) is 0 Å². The van der Waals surface area contributed by atoms with Gasteiger partial charge in [-0.2, -0.15) is 0 Å². The van der Waals surface area contributed by atoms with Gasteiger partial charge in [-0.15, -0.1) is 11.3 Å². The van der Waals surface area contributed by atoms with E-state index in [9.17, 15) is 18.4 Å². The number of nitrogens with zero attached hydrogens (tertiary/aromatic N) is 1. The predicted octanol–water partition coefficient (Wildman–Crippen LogP) is 4.15. The van der Waals surface area contributed by atoms with Crippen LogP contribution >= 0.6 is 11.3 Å². The van der Waals surface area contributed by atoms with Crippen LogP contribution in [0.25, 0.3) is 0 Å². The SMILES string of the molecule is Cc1cccc(CNC(=O)c2sc(CC(=O)Nc3cc(F)ccc3F)nc2C)c1. The Hall–Kier alpha value is -3.13. The molecule has 1 aromatic heterocycles. The smallest absolute Gasteiger partial charge is 0.263 e. The zero-order valence-electron chi connectivity index (χ0n) is 15.9. The van der Waals surface area contributed by atoms with E-state index >= 15 is 0 Å². The van der Waals surface area contributed by atoms with Gasteiger partial charge in [0.2, 0.25) is 5.91 Å². The van der Waals surface area contributed by atoms with Crippen molar-refractivity contribution in [2.75, 3.05) is 5.32 Å². The van der Waals surface area contributed by atoms with Crippen LogP contribution in [0.1, 0.15) is 31.5 Å². The average molecular weight is 415 g/mol. The first-order valence-electron chi connectivity index (χ1n) is 8.87. The summed E-state index contributed by atoms with van der Waals surface area (Å²) in [6.07, 6.45) is -0.146. The van der Waals surface area contributed by atoms with Crippen LogP contribution in [0.2, 0.25) is 0 Å². The summed E-state index contributed by atoms with van der Waals surface area (Å²) in [7, 11) is 0. The van der Waals surface area contributed by atoms with E-state index < -0.39 is 17.5 Å². The van der Waals surface area contributed by atoms with Gasteiger partial charge in [0.25, 0.3) is 5.91 Å². The summed E-state index contributed by atoms with van der Waals surface area (Å²) in [5, 5.41) is 5.58. The number of hydrogen-bond donors (Lipinski definition) is 2. The predicted molar refractivity (Wildman–Crippen MR) is 108 cm³/mol. The summed E-state index contributed by atoms with van der Waals surface area (Å²) in [4.78, 5) is 29.3. The molecule has 0 aliphatic carbocycles. The van der Waals surface area contributed by atoms with Crippen molar-refractivity contribution >= 4 is 28.8 Å². The van der Waals surface area contributed by atoms with E-state index in [1.165, 1.54) is 0 Å². The molecular weight excluding hydrogens is 396 g/mol. The number of rotatable bonds is 6. The number of carbonyl (C=O) groups excluding carboxylic acids is 2. The third kappa shape index (κ3) is 5.45. The largest absolute Gasteiger partial charge is 0.347 e. The van der Waals surface area contributed by atoms with Gasteiger partial charge in [0.05, 0.1) is 17.8 Å². The highest BCUT2D eigenvalue weighted by Gasteiger charge is 2.17. The van der Waals surface area contributed by atoms with Gasteiger partial charge in [0, 0.05) is 12.6 Å². The Morgan fingerprint density at radius 2 is 1.90 bits per heavy atom. The molecule has 2 aromatic carbocycles. The number of nitrogens with one attached hydrogen (secondary N) is 2. The van der Waals surface area contributed by atoms with Crippen molar-refractivity contribution in [3.63, 3.8) is 0 Å². The van der Waals surface area contributed by atoms with Gasteiger partial charge >= 0.3 is 0 Å². The monoisotopic (exact) mass is 415 g/mol. The molecule has 5 nitrogen and oxygen atoms in total. The molecular formula is C21H19F2N3O2S. The Kier molecular flexibility index (Phi) is 6.33. The number of halogens is 2. The summed E-state index contributed by atoms with van der Waals surface area (Å²) in [6, 6.07) is 10.6. The second-order valence-electron chi connectivity index (χ2n) is 6.54. The van der Waals surface area contributed by atoms with Crippen LogP contribution in [0.3, 0.4) is 0 Å². The van der Waals surface area contributed by atoms with E-state index in [2.05, 4.69) is 15.6 Å². The normalized spacial score (nSPS) is 10.6. The van der Waals surface area contributed by atoms with Crippen molar-refractivity contribution in [2.45, 2.75) is 26.8 Å². The molecule has 2 N–H and O–H groups in total. The summed E-state index contributed by atoms with van der Waals surface area (Å²) < 4.78 is 26.9. The molecule has 0 saturated carbocycles. The Bertz CT molecular complexity index is 1070. The summed E-state index contributed by atoms with van der Waals surface area (Å²) >= 11 is 1.10. The van der Waals surface area contributed by atoms with E-state index in [1.807, 2.05) is 31.2 Å². The molecule has 0 radical (unpaired) electrons. The Morgan fingerprint density at radius 3 is 2.66 bits per heavy atom. The minimum absolute atomic E-state index is 0.146. The number of aromatic nitrogens is 1.